The molecule has 2 aromatic carbocycles. The number of rotatable bonds is 9. The van der Waals surface area contributed by atoms with Gasteiger partial charge in [-0.05, 0) is 49.7 Å². The van der Waals surface area contributed by atoms with Gasteiger partial charge in [-0.25, -0.2) is 0 Å². The highest BCUT2D eigenvalue weighted by Gasteiger charge is 2.32. The van der Waals surface area contributed by atoms with Crippen LogP contribution in [0, 0.1) is 25.6 Å². The normalized spacial score (nSPS) is 23.4. The number of nitrogens with one attached hydrogen (secondary N) is 3. The fourth-order valence-corrected chi connectivity index (χ4v) is 5.45. The average Bonchev–Trinajstić information content (AvgIpc) is 2.86. The Hall–Kier alpha value is -3.18. The molecule has 2 aliphatic rings. The monoisotopic (exact) mass is 512 g/mol. The van der Waals surface area contributed by atoms with Crippen molar-refractivity contribution in [2.45, 2.75) is 75.0 Å². The number of hydrogen-bond donors (Lipinski definition) is 4. The Morgan fingerprint density at radius 2 is 1.42 bits per heavy atom. The van der Waals surface area contributed by atoms with Gasteiger partial charge in [0.2, 0.25) is 0 Å². The van der Waals surface area contributed by atoms with Crippen molar-refractivity contribution in [3.63, 3.8) is 0 Å². The highest BCUT2D eigenvalue weighted by Crippen LogP contribution is 2.30. The zero-order valence-electron chi connectivity index (χ0n) is 20.0. The highest BCUT2D eigenvalue weighted by atomic mass is 32.1. The van der Waals surface area contributed by atoms with Crippen molar-refractivity contribution < 1.29 is 9.85 Å². The summed E-state index contributed by atoms with van der Waals surface area (Å²) in [4.78, 5) is 23.1. The molecule has 2 aromatic rings. The first-order valence-electron chi connectivity index (χ1n) is 12.3. The molecule has 0 heterocycles. The van der Waals surface area contributed by atoms with Crippen LogP contribution in [0.2, 0.25) is 0 Å². The van der Waals surface area contributed by atoms with E-state index in [-0.39, 0.29) is 23.4 Å². The smallest absolute Gasteiger partial charge is 0.269 e. The Kier molecular flexibility index (Phi) is 8.42. The molecule has 0 atom stereocenters. The Balaban J connectivity index is 1.39. The van der Waals surface area contributed by atoms with Crippen LogP contribution in [-0.2, 0) is 13.1 Å². The van der Waals surface area contributed by atoms with Gasteiger partial charge in [0, 0.05) is 60.7 Å². The van der Waals surface area contributed by atoms with E-state index in [4.69, 9.17) is 5.41 Å². The van der Waals surface area contributed by atoms with Crippen LogP contribution in [0.4, 0.5) is 11.4 Å². The summed E-state index contributed by atoms with van der Waals surface area (Å²) >= 11 is 4.51. The van der Waals surface area contributed by atoms with Gasteiger partial charge in [0.1, 0.15) is 0 Å². The number of benzene rings is 2. The second-order valence-corrected chi connectivity index (χ2v) is 10.4. The fraction of sp³-hybridized carbons (Fsp3) is 0.480. The van der Waals surface area contributed by atoms with Gasteiger partial charge in [0.05, 0.1) is 9.85 Å². The van der Waals surface area contributed by atoms with E-state index in [1.54, 1.807) is 24.3 Å². The molecule has 0 saturated heterocycles. The molecule has 0 unspecified atom stereocenters. The third-order valence-electron chi connectivity index (χ3n) is 7.12. The molecule has 10 nitrogen and oxygen atoms in total. The Labute approximate surface area is 215 Å². The molecule has 192 valence electrons. The fourth-order valence-electron chi connectivity index (χ4n) is 4.94. The van der Waals surface area contributed by atoms with Gasteiger partial charge in [-0.15, -0.1) is 0 Å². The van der Waals surface area contributed by atoms with Crippen molar-refractivity contribution >= 4 is 30.0 Å². The number of nitro benzene ring substituents is 2. The molecule has 3 N–H and O–H groups in total. The van der Waals surface area contributed by atoms with E-state index < -0.39 is 9.85 Å². The number of guanidine groups is 1. The molecule has 0 radical (unpaired) electrons. The maximum absolute atomic E-state index is 11.0. The summed E-state index contributed by atoms with van der Waals surface area (Å²) in [5.41, 5.74) is 1.82. The molecule has 2 saturated carbocycles. The first-order valence-corrected chi connectivity index (χ1v) is 12.8. The lowest BCUT2D eigenvalue weighted by atomic mass is 9.86. The zero-order valence-corrected chi connectivity index (χ0v) is 20.9. The van der Waals surface area contributed by atoms with Gasteiger partial charge in [-0.1, -0.05) is 24.3 Å². The van der Waals surface area contributed by atoms with Crippen LogP contribution < -0.4 is 10.6 Å². The molecule has 0 bridgehead atoms. The van der Waals surface area contributed by atoms with Gasteiger partial charge >= 0.3 is 0 Å². The molecule has 2 fully saturated rings. The van der Waals surface area contributed by atoms with Crippen molar-refractivity contribution in [3.05, 3.63) is 79.9 Å². The standard InChI is InChI=1S/C25H32N6O4S/c26-25(27-15-17-1-7-22(8-2-17)30(32)33)29(16-18-3-9-23(10-4-18)31(34)35)21-11-5-19(6-12-21)28-20-13-24(36)14-20/h1-4,7-10,19-21,24,28,36H,5-6,11-16H2,(H2,26,27). The number of thiol groups is 1. The summed E-state index contributed by atoms with van der Waals surface area (Å²) in [6.07, 6.45) is 6.20. The highest BCUT2D eigenvalue weighted by molar-refractivity contribution is 7.81. The third-order valence-corrected chi connectivity index (χ3v) is 7.54. The van der Waals surface area contributed by atoms with Crippen molar-refractivity contribution in [2.75, 3.05) is 0 Å². The first kappa shape index (κ1) is 25.9. The Morgan fingerprint density at radius 1 is 0.889 bits per heavy atom. The largest absolute Gasteiger partial charge is 0.352 e. The summed E-state index contributed by atoms with van der Waals surface area (Å²) in [7, 11) is 0. The summed E-state index contributed by atoms with van der Waals surface area (Å²) in [5.74, 6) is 0.278. The Bertz CT molecular complexity index is 1070. The summed E-state index contributed by atoms with van der Waals surface area (Å²) in [6.45, 7) is 0.841. The van der Waals surface area contributed by atoms with Gasteiger partial charge in [0.25, 0.3) is 11.4 Å². The van der Waals surface area contributed by atoms with E-state index in [0.29, 0.717) is 30.4 Å². The SMILES string of the molecule is N=C(NCc1ccc([N+](=O)[O-])cc1)N(Cc1ccc([N+](=O)[O-])cc1)C1CCC(NC2CC(S)C2)CC1. The summed E-state index contributed by atoms with van der Waals surface area (Å²) in [6, 6.07) is 14.0. The van der Waals surface area contributed by atoms with Gasteiger partial charge in [0.15, 0.2) is 5.96 Å². The minimum absolute atomic E-state index is 0.0331. The van der Waals surface area contributed by atoms with Crippen LogP contribution in [-0.4, -0.2) is 44.1 Å². The topological polar surface area (TPSA) is 137 Å². The molecule has 0 aliphatic heterocycles. The van der Waals surface area contributed by atoms with Crippen LogP contribution in [0.3, 0.4) is 0 Å². The molecule has 11 heteroatoms. The van der Waals surface area contributed by atoms with Crippen molar-refractivity contribution in [1.29, 1.82) is 5.41 Å². The molecule has 0 amide bonds. The molecular formula is C25H32N6O4S. The predicted octanol–water partition coefficient (Wildman–Crippen LogP) is 4.39. The minimum atomic E-state index is -0.432. The second-order valence-electron chi connectivity index (χ2n) is 9.67. The predicted molar refractivity (Wildman–Crippen MR) is 141 cm³/mol. The molecule has 4 rings (SSSR count). The van der Waals surface area contributed by atoms with E-state index in [1.165, 1.54) is 24.3 Å². The molecule has 36 heavy (non-hydrogen) atoms. The van der Waals surface area contributed by atoms with Crippen LogP contribution >= 0.6 is 12.6 Å². The molecule has 0 aromatic heterocycles. The van der Waals surface area contributed by atoms with Crippen molar-refractivity contribution in [2.24, 2.45) is 0 Å². The van der Waals surface area contributed by atoms with Crippen LogP contribution in [0.1, 0.15) is 49.7 Å². The first-order chi connectivity index (χ1) is 17.3. The van der Waals surface area contributed by atoms with Crippen molar-refractivity contribution in [3.8, 4) is 0 Å². The molecular weight excluding hydrogens is 480 g/mol. The third kappa shape index (κ3) is 6.73. The van der Waals surface area contributed by atoms with Crippen LogP contribution in [0.15, 0.2) is 48.5 Å². The molecule has 0 spiro atoms. The zero-order chi connectivity index (χ0) is 25.7. The van der Waals surface area contributed by atoms with Gasteiger partial charge in [-0.2, -0.15) is 12.6 Å². The lowest BCUT2D eigenvalue weighted by molar-refractivity contribution is -0.385. The van der Waals surface area contributed by atoms with Gasteiger partial charge < -0.3 is 15.5 Å². The van der Waals surface area contributed by atoms with E-state index in [9.17, 15) is 20.2 Å². The number of hydrogen-bond acceptors (Lipinski definition) is 7. The minimum Gasteiger partial charge on any atom is -0.352 e. The maximum atomic E-state index is 11.0. The molecule has 2 aliphatic carbocycles. The average molecular weight is 513 g/mol. The summed E-state index contributed by atoms with van der Waals surface area (Å²) in [5, 5.41) is 38.2. The number of nitrogens with zero attached hydrogens (tertiary/aromatic N) is 3. The second kappa shape index (κ2) is 11.7. The number of nitro groups is 2. The Morgan fingerprint density at radius 3 is 1.92 bits per heavy atom. The number of non-ortho nitro benzene ring substituents is 2. The lowest BCUT2D eigenvalue weighted by Gasteiger charge is -2.41. The van der Waals surface area contributed by atoms with E-state index in [2.05, 4.69) is 23.3 Å². The summed E-state index contributed by atoms with van der Waals surface area (Å²) < 4.78 is 0. The lowest BCUT2D eigenvalue weighted by Crippen LogP contribution is -2.51. The quantitative estimate of drug-likeness (QED) is 0.129. The van der Waals surface area contributed by atoms with Crippen LogP contribution in [0.5, 0.6) is 0 Å². The van der Waals surface area contributed by atoms with Crippen molar-refractivity contribution in [1.82, 2.24) is 15.5 Å². The maximum Gasteiger partial charge on any atom is 0.269 e. The van der Waals surface area contributed by atoms with Crippen LogP contribution in [0.25, 0.3) is 0 Å². The van der Waals surface area contributed by atoms with Gasteiger partial charge in [-0.3, -0.25) is 25.6 Å². The van der Waals surface area contributed by atoms with E-state index in [0.717, 1.165) is 49.7 Å². The van der Waals surface area contributed by atoms with E-state index >= 15 is 0 Å². The van der Waals surface area contributed by atoms with E-state index in [1.807, 2.05) is 4.90 Å².